The van der Waals surface area contributed by atoms with Gasteiger partial charge in [0.1, 0.15) is 18.0 Å². The van der Waals surface area contributed by atoms with E-state index in [1.807, 2.05) is 30.3 Å². The molecule has 1 saturated carbocycles. The molecule has 0 aliphatic heterocycles. The van der Waals surface area contributed by atoms with E-state index in [4.69, 9.17) is 6.42 Å². The largest absolute Gasteiger partial charge is 0.367 e. The highest BCUT2D eigenvalue weighted by molar-refractivity contribution is 5.60. The predicted molar refractivity (Wildman–Crippen MR) is 76.3 cm³/mol. The van der Waals surface area contributed by atoms with Crippen molar-refractivity contribution < 1.29 is 0 Å². The summed E-state index contributed by atoms with van der Waals surface area (Å²) in [4.78, 5) is 8.40. The summed E-state index contributed by atoms with van der Waals surface area (Å²) in [7, 11) is 0. The number of hydrogen-bond acceptors (Lipinski definition) is 4. The van der Waals surface area contributed by atoms with Gasteiger partial charge >= 0.3 is 0 Å². The molecule has 0 saturated heterocycles. The molecule has 19 heavy (non-hydrogen) atoms. The van der Waals surface area contributed by atoms with Gasteiger partial charge in [-0.05, 0) is 31.0 Å². The van der Waals surface area contributed by atoms with Gasteiger partial charge in [-0.15, -0.1) is 6.42 Å². The van der Waals surface area contributed by atoms with Crippen LogP contribution in [0.5, 0.6) is 0 Å². The van der Waals surface area contributed by atoms with E-state index in [-0.39, 0.29) is 0 Å². The third-order valence-corrected chi connectivity index (χ3v) is 2.90. The van der Waals surface area contributed by atoms with Crippen LogP contribution in [0.1, 0.15) is 18.4 Å². The first kappa shape index (κ1) is 11.5. The van der Waals surface area contributed by atoms with Gasteiger partial charge in [-0.1, -0.05) is 12.0 Å². The predicted octanol–water partition coefficient (Wildman–Crippen LogP) is 2.78. The van der Waals surface area contributed by atoms with Crippen LogP contribution in [0.15, 0.2) is 36.7 Å². The quantitative estimate of drug-likeness (QED) is 0.819. The van der Waals surface area contributed by atoms with Gasteiger partial charge in [0.05, 0.1) is 0 Å². The second-order valence-electron chi connectivity index (χ2n) is 4.56. The van der Waals surface area contributed by atoms with Crippen LogP contribution >= 0.6 is 0 Å². The van der Waals surface area contributed by atoms with Crippen molar-refractivity contribution in [2.45, 2.75) is 18.9 Å². The van der Waals surface area contributed by atoms with Gasteiger partial charge in [0.25, 0.3) is 0 Å². The Morgan fingerprint density at radius 1 is 1.16 bits per heavy atom. The summed E-state index contributed by atoms with van der Waals surface area (Å²) in [5.74, 6) is 4.23. The molecule has 4 heteroatoms. The minimum atomic E-state index is 0.576. The van der Waals surface area contributed by atoms with Gasteiger partial charge in [0.15, 0.2) is 0 Å². The topological polar surface area (TPSA) is 49.8 Å². The molecule has 94 valence electrons. The Morgan fingerprint density at radius 2 is 2.00 bits per heavy atom. The normalized spacial score (nSPS) is 13.6. The van der Waals surface area contributed by atoms with Crippen LogP contribution in [0.25, 0.3) is 0 Å². The summed E-state index contributed by atoms with van der Waals surface area (Å²) >= 11 is 0. The second-order valence-corrected chi connectivity index (χ2v) is 4.56. The minimum absolute atomic E-state index is 0.576. The van der Waals surface area contributed by atoms with E-state index in [9.17, 15) is 0 Å². The third kappa shape index (κ3) is 3.02. The number of hydrogen-bond donors (Lipinski definition) is 2. The monoisotopic (exact) mass is 250 g/mol. The molecule has 3 rings (SSSR count). The zero-order chi connectivity index (χ0) is 13.1. The van der Waals surface area contributed by atoms with Crippen LogP contribution in [0.2, 0.25) is 0 Å². The summed E-state index contributed by atoms with van der Waals surface area (Å²) in [5.41, 5.74) is 1.77. The molecule has 2 N–H and O–H groups in total. The van der Waals surface area contributed by atoms with E-state index in [1.54, 1.807) is 6.33 Å². The van der Waals surface area contributed by atoms with Crippen molar-refractivity contribution in [3.8, 4) is 12.3 Å². The third-order valence-electron chi connectivity index (χ3n) is 2.90. The minimum Gasteiger partial charge on any atom is -0.367 e. The maximum Gasteiger partial charge on any atom is 0.135 e. The maximum atomic E-state index is 5.38. The lowest BCUT2D eigenvalue weighted by molar-refractivity contribution is 1.08. The van der Waals surface area contributed by atoms with Crippen molar-refractivity contribution >= 4 is 17.3 Å². The number of benzene rings is 1. The van der Waals surface area contributed by atoms with E-state index in [0.29, 0.717) is 6.04 Å². The van der Waals surface area contributed by atoms with E-state index >= 15 is 0 Å². The summed E-state index contributed by atoms with van der Waals surface area (Å²) < 4.78 is 0. The lowest BCUT2D eigenvalue weighted by atomic mass is 10.2. The molecular formula is C15H14N4. The Morgan fingerprint density at radius 3 is 2.79 bits per heavy atom. The molecule has 1 aliphatic rings. The molecule has 1 aromatic carbocycles. The fourth-order valence-corrected chi connectivity index (χ4v) is 1.78. The van der Waals surface area contributed by atoms with Crippen LogP contribution in [0, 0.1) is 12.3 Å². The smallest absolute Gasteiger partial charge is 0.135 e. The molecule has 1 aromatic heterocycles. The molecule has 1 fully saturated rings. The number of terminal acetylenes is 1. The SMILES string of the molecule is C#Cc1cccc(Nc2cc(NC3CC3)ncn2)c1. The molecule has 1 aliphatic carbocycles. The number of rotatable bonds is 4. The first-order valence-electron chi connectivity index (χ1n) is 6.26. The van der Waals surface area contributed by atoms with Crippen molar-refractivity contribution in [2.75, 3.05) is 10.6 Å². The van der Waals surface area contributed by atoms with E-state index in [2.05, 4.69) is 26.5 Å². The Balaban J connectivity index is 1.76. The lowest BCUT2D eigenvalue weighted by Gasteiger charge is -2.08. The van der Waals surface area contributed by atoms with Gasteiger partial charge in [-0.3, -0.25) is 0 Å². The average molecular weight is 250 g/mol. The molecule has 4 nitrogen and oxygen atoms in total. The summed E-state index contributed by atoms with van der Waals surface area (Å²) in [6, 6.07) is 10.2. The Labute approximate surface area is 112 Å². The van der Waals surface area contributed by atoms with E-state index < -0.39 is 0 Å². The summed E-state index contributed by atoms with van der Waals surface area (Å²) in [5, 5.41) is 6.57. The zero-order valence-electron chi connectivity index (χ0n) is 10.4. The van der Waals surface area contributed by atoms with Gasteiger partial charge in [0.2, 0.25) is 0 Å². The van der Waals surface area contributed by atoms with Crippen LogP contribution in [0.3, 0.4) is 0 Å². The Kier molecular flexibility index (Phi) is 3.03. The fraction of sp³-hybridized carbons (Fsp3) is 0.200. The summed E-state index contributed by atoms with van der Waals surface area (Å²) in [6.45, 7) is 0. The number of nitrogens with zero attached hydrogens (tertiary/aromatic N) is 2. The molecule has 2 aromatic rings. The summed E-state index contributed by atoms with van der Waals surface area (Å²) in [6.07, 6.45) is 9.38. The Hall–Kier alpha value is -2.54. The van der Waals surface area contributed by atoms with Crippen molar-refractivity contribution in [3.05, 3.63) is 42.2 Å². The highest BCUT2D eigenvalue weighted by Gasteiger charge is 2.21. The van der Waals surface area contributed by atoms with Gasteiger partial charge in [-0.25, -0.2) is 9.97 Å². The molecule has 0 atom stereocenters. The van der Waals surface area contributed by atoms with Crippen molar-refractivity contribution in [1.29, 1.82) is 0 Å². The number of anilines is 3. The van der Waals surface area contributed by atoms with E-state index in [1.165, 1.54) is 12.8 Å². The zero-order valence-corrected chi connectivity index (χ0v) is 10.4. The highest BCUT2D eigenvalue weighted by atomic mass is 15.1. The molecule has 0 amide bonds. The van der Waals surface area contributed by atoms with Crippen molar-refractivity contribution in [1.82, 2.24) is 9.97 Å². The number of nitrogens with one attached hydrogen (secondary N) is 2. The van der Waals surface area contributed by atoms with Crippen molar-refractivity contribution in [3.63, 3.8) is 0 Å². The van der Waals surface area contributed by atoms with Crippen LogP contribution in [-0.4, -0.2) is 16.0 Å². The number of aromatic nitrogens is 2. The van der Waals surface area contributed by atoms with Gasteiger partial charge < -0.3 is 10.6 Å². The second kappa shape index (κ2) is 4.99. The molecule has 0 radical (unpaired) electrons. The molecule has 0 spiro atoms. The van der Waals surface area contributed by atoms with Crippen LogP contribution in [-0.2, 0) is 0 Å². The Bertz CT molecular complexity index is 626. The highest BCUT2D eigenvalue weighted by Crippen LogP contribution is 2.24. The standard InChI is InChI=1S/C15H14N4/c1-2-11-4-3-5-13(8-11)19-15-9-14(16-10-17-15)18-12-6-7-12/h1,3-5,8-10,12H,6-7H2,(H2,16,17,18,19). The van der Waals surface area contributed by atoms with Crippen molar-refractivity contribution in [2.24, 2.45) is 0 Å². The molecule has 0 bridgehead atoms. The maximum absolute atomic E-state index is 5.38. The molecular weight excluding hydrogens is 236 g/mol. The van der Waals surface area contributed by atoms with Crippen LogP contribution < -0.4 is 10.6 Å². The lowest BCUT2D eigenvalue weighted by Crippen LogP contribution is -2.04. The van der Waals surface area contributed by atoms with E-state index in [0.717, 1.165) is 22.9 Å². The van der Waals surface area contributed by atoms with Crippen LogP contribution in [0.4, 0.5) is 17.3 Å². The molecule has 0 unspecified atom stereocenters. The first-order valence-corrected chi connectivity index (χ1v) is 6.26. The average Bonchev–Trinajstić information content (AvgIpc) is 3.23. The fourth-order valence-electron chi connectivity index (χ4n) is 1.78. The van der Waals surface area contributed by atoms with Gasteiger partial charge in [0, 0.05) is 23.4 Å². The van der Waals surface area contributed by atoms with Gasteiger partial charge in [-0.2, -0.15) is 0 Å². The molecule has 1 heterocycles. The first-order chi connectivity index (χ1) is 9.33.